The Morgan fingerprint density at radius 3 is 2.37 bits per heavy atom. The lowest BCUT2D eigenvalue weighted by Gasteiger charge is -2.34. The maximum absolute atomic E-state index is 12.3. The number of carbonyl (C=O) groups excluding carboxylic acids is 3. The molecule has 1 fully saturated rings. The largest absolute Gasteiger partial charge is 0.459 e. The Labute approximate surface area is 165 Å². The van der Waals surface area contributed by atoms with Gasteiger partial charge in [-0.1, -0.05) is 23.2 Å². The molecular formula is C18H16Cl2N2O5. The Kier molecular flexibility index (Phi) is 6.03. The summed E-state index contributed by atoms with van der Waals surface area (Å²) in [7, 11) is 0. The number of hydrogen-bond donors (Lipinski definition) is 0. The van der Waals surface area contributed by atoms with Gasteiger partial charge in [-0.3, -0.25) is 9.59 Å². The van der Waals surface area contributed by atoms with Crippen molar-refractivity contribution in [3.63, 3.8) is 0 Å². The maximum Gasteiger partial charge on any atom is 0.340 e. The fourth-order valence-corrected chi connectivity index (χ4v) is 3.15. The van der Waals surface area contributed by atoms with Crippen LogP contribution in [-0.2, 0) is 9.53 Å². The number of rotatable bonds is 4. The molecule has 0 radical (unpaired) electrons. The average Bonchev–Trinajstić information content (AvgIpc) is 3.20. The Bertz CT molecular complexity index is 845. The number of amides is 2. The van der Waals surface area contributed by atoms with Crippen LogP contribution in [0.1, 0.15) is 20.9 Å². The van der Waals surface area contributed by atoms with E-state index in [1.54, 1.807) is 21.9 Å². The minimum Gasteiger partial charge on any atom is -0.459 e. The highest BCUT2D eigenvalue weighted by Crippen LogP contribution is 2.21. The van der Waals surface area contributed by atoms with Crippen molar-refractivity contribution in [2.75, 3.05) is 32.8 Å². The summed E-state index contributed by atoms with van der Waals surface area (Å²) in [5, 5.41) is 0.555. The highest BCUT2D eigenvalue weighted by molar-refractivity contribution is 6.36. The van der Waals surface area contributed by atoms with Gasteiger partial charge in [0.05, 0.1) is 16.8 Å². The third-order valence-electron chi connectivity index (χ3n) is 4.13. The number of carbonyl (C=O) groups is 3. The number of ether oxygens (including phenoxy) is 1. The summed E-state index contributed by atoms with van der Waals surface area (Å²) >= 11 is 11.7. The van der Waals surface area contributed by atoms with E-state index < -0.39 is 12.6 Å². The van der Waals surface area contributed by atoms with Crippen LogP contribution in [0.25, 0.3) is 0 Å². The molecule has 1 aliphatic rings. The first kappa shape index (κ1) is 19.3. The Morgan fingerprint density at radius 2 is 1.74 bits per heavy atom. The SMILES string of the molecule is O=C(OCC(=O)N1CCN(C(=O)c2ccco2)CC1)c1ccc(Cl)cc1Cl. The van der Waals surface area contributed by atoms with E-state index in [0.717, 1.165) is 0 Å². The van der Waals surface area contributed by atoms with E-state index in [1.807, 2.05) is 0 Å². The van der Waals surface area contributed by atoms with E-state index in [0.29, 0.717) is 31.2 Å². The van der Waals surface area contributed by atoms with Gasteiger partial charge >= 0.3 is 5.97 Å². The first-order valence-corrected chi connectivity index (χ1v) is 8.94. The van der Waals surface area contributed by atoms with Crippen molar-refractivity contribution in [3.8, 4) is 0 Å². The lowest BCUT2D eigenvalue weighted by atomic mass is 10.2. The molecule has 2 amide bonds. The molecule has 1 aromatic carbocycles. The van der Waals surface area contributed by atoms with Gasteiger partial charge in [-0.25, -0.2) is 4.79 Å². The molecule has 0 aliphatic carbocycles. The number of benzene rings is 1. The van der Waals surface area contributed by atoms with Crippen LogP contribution in [0.2, 0.25) is 10.0 Å². The molecule has 1 saturated heterocycles. The second-order valence-corrected chi connectivity index (χ2v) is 6.69. The molecule has 27 heavy (non-hydrogen) atoms. The highest BCUT2D eigenvalue weighted by Gasteiger charge is 2.26. The molecule has 0 unspecified atom stereocenters. The van der Waals surface area contributed by atoms with Crippen molar-refractivity contribution in [3.05, 3.63) is 58.0 Å². The number of halogens is 2. The monoisotopic (exact) mass is 410 g/mol. The minimum atomic E-state index is -0.698. The van der Waals surface area contributed by atoms with Crippen LogP contribution in [0.15, 0.2) is 41.0 Å². The summed E-state index contributed by atoms with van der Waals surface area (Å²) in [6.45, 7) is 1.06. The molecule has 1 aromatic heterocycles. The van der Waals surface area contributed by atoms with Crippen molar-refractivity contribution in [2.45, 2.75) is 0 Å². The zero-order chi connectivity index (χ0) is 19.4. The molecule has 0 bridgehead atoms. The summed E-state index contributed by atoms with van der Waals surface area (Å²) < 4.78 is 10.1. The quantitative estimate of drug-likeness (QED) is 0.723. The highest BCUT2D eigenvalue weighted by atomic mass is 35.5. The zero-order valence-corrected chi connectivity index (χ0v) is 15.7. The van der Waals surface area contributed by atoms with Crippen LogP contribution in [0.3, 0.4) is 0 Å². The van der Waals surface area contributed by atoms with Crippen LogP contribution in [0.5, 0.6) is 0 Å². The van der Waals surface area contributed by atoms with Crippen LogP contribution >= 0.6 is 23.2 Å². The molecule has 0 atom stereocenters. The molecule has 1 aliphatic heterocycles. The number of furan rings is 1. The minimum absolute atomic E-state index is 0.141. The molecule has 2 heterocycles. The molecule has 0 spiro atoms. The first-order chi connectivity index (χ1) is 13.0. The topological polar surface area (TPSA) is 80.1 Å². The number of nitrogens with zero attached hydrogens (tertiary/aromatic N) is 2. The van der Waals surface area contributed by atoms with Crippen LogP contribution < -0.4 is 0 Å². The third-order valence-corrected chi connectivity index (χ3v) is 4.68. The lowest BCUT2D eigenvalue weighted by molar-refractivity contribution is -0.136. The van der Waals surface area contributed by atoms with Gasteiger partial charge in [0.1, 0.15) is 0 Å². The van der Waals surface area contributed by atoms with Gasteiger partial charge in [0.25, 0.3) is 11.8 Å². The number of hydrogen-bond acceptors (Lipinski definition) is 5. The van der Waals surface area contributed by atoms with Gasteiger partial charge in [-0.2, -0.15) is 0 Å². The summed E-state index contributed by atoms with van der Waals surface area (Å²) in [6.07, 6.45) is 1.44. The first-order valence-electron chi connectivity index (χ1n) is 8.18. The molecule has 142 valence electrons. The summed E-state index contributed by atoms with van der Waals surface area (Å²) in [5.74, 6) is -0.977. The second-order valence-electron chi connectivity index (χ2n) is 5.85. The Morgan fingerprint density at radius 1 is 1.04 bits per heavy atom. The van der Waals surface area contributed by atoms with E-state index in [-0.39, 0.29) is 28.2 Å². The molecule has 7 nitrogen and oxygen atoms in total. The van der Waals surface area contributed by atoms with Crippen LogP contribution in [-0.4, -0.2) is 60.4 Å². The van der Waals surface area contributed by atoms with E-state index in [2.05, 4.69) is 0 Å². The van der Waals surface area contributed by atoms with Crippen molar-refractivity contribution in [1.82, 2.24) is 9.80 Å². The second kappa shape index (κ2) is 8.45. The predicted molar refractivity (Wildman–Crippen MR) is 97.9 cm³/mol. The van der Waals surface area contributed by atoms with Gasteiger partial charge in [0, 0.05) is 31.2 Å². The molecule has 9 heteroatoms. The molecule has 0 N–H and O–H groups in total. The van der Waals surface area contributed by atoms with Gasteiger partial charge in [0.15, 0.2) is 12.4 Å². The normalized spacial score (nSPS) is 14.1. The van der Waals surface area contributed by atoms with Crippen molar-refractivity contribution in [2.24, 2.45) is 0 Å². The Hall–Kier alpha value is -2.51. The van der Waals surface area contributed by atoms with E-state index in [4.69, 9.17) is 32.4 Å². The van der Waals surface area contributed by atoms with Crippen molar-refractivity contribution in [1.29, 1.82) is 0 Å². The van der Waals surface area contributed by atoms with Crippen LogP contribution in [0.4, 0.5) is 0 Å². The lowest BCUT2D eigenvalue weighted by Crippen LogP contribution is -2.51. The maximum atomic E-state index is 12.3. The fraction of sp³-hybridized carbons (Fsp3) is 0.278. The van der Waals surface area contributed by atoms with Gasteiger partial charge in [0.2, 0.25) is 0 Å². The van der Waals surface area contributed by atoms with E-state index in [9.17, 15) is 14.4 Å². The average molecular weight is 411 g/mol. The Balaban J connectivity index is 1.48. The molecule has 3 rings (SSSR count). The van der Waals surface area contributed by atoms with Gasteiger partial charge in [-0.15, -0.1) is 0 Å². The third kappa shape index (κ3) is 4.61. The number of piperazine rings is 1. The molecule has 2 aromatic rings. The molecular weight excluding hydrogens is 395 g/mol. The van der Waals surface area contributed by atoms with Crippen LogP contribution in [0, 0.1) is 0 Å². The zero-order valence-electron chi connectivity index (χ0n) is 14.2. The smallest absolute Gasteiger partial charge is 0.340 e. The number of esters is 1. The van der Waals surface area contributed by atoms with E-state index in [1.165, 1.54) is 24.5 Å². The van der Waals surface area contributed by atoms with Gasteiger partial charge in [-0.05, 0) is 30.3 Å². The predicted octanol–water partition coefficient (Wildman–Crippen LogP) is 2.73. The molecule has 0 saturated carbocycles. The summed E-state index contributed by atoms with van der Waals surface area (Å²) in [5.41, 5.74) is 0.141. The fourth-order valence-electron chi connectivity index (χ4n) is 2.67. The van der Waals surface area contributed by atoms with Crippen molar-refractivity contribution < 1.29 is 23.5 Å². The van der Waals surface area contributed by atoms with Gasteiger partial charge < -0.3 is 19.0 Å². The summed E-state index contributed by atoms with van der Waals surface area (Å²) in [4.78, 5) is 39.7. The standard InChI is InChI=1S/C18H16Cl2N2O5/c19-12-3-4-13(14(20)10-12)18(25)27-11-16(23)21-5-7-22(8-6-21)17(24)15-2-1-9-26-15/h1-4,9-10H,5-8,11H2. The van der Waals surface area contributed by atoms with E-state index >= 15 is 0 Å². The summed E-state index contributed by atoms with van der Waals surface area (Å²) in [6, 6.07) is 7.63. The van der Waals surface area contributed by atoms with Crippen molar-refractivity contribution >= 4 is 41.0 Å².